The third-order valence-corrected chi connectivity index (χ3v) is 5.45. The van der Waals surface area contributed by atoms with Gasteiger partial charge in [0.05, 0.1) is 20.8 Å². The van der Waals surface area contributed by atoms with E-state index in [9.17, 15) is 19.2 Å². The molecular weight excluding hydrogens is 456 g/mol. The number of hydrogen-bond acceptors (Lipinski definition) is 7. The summed E-state index contributed by atoms with van der Waals surface area (Å²) >= 11 is 0. The molecule has 1 unspecified atom stereocenters. The van der Waals surface area contributed by atoms with Crippen molar-refractivity contribution in [2.75, 3.05) is 27.4 Å². The average Bonchev–Trinajstić information content (AvgIpc) is 3.09. The van der Waals surface area contributed by atoms with Crippen LogP contribution in [-0.4, -0.2) is 56.0 Å². The van der Waals surface area contributed by atoms with Gasteiger partial charge in [-0.2, -0.15) is 0 Å². The van der Waals surface area contributed by atoms with E-state index >= 15 is 0 Å². The Bertz CT molecular complexity index is 1120. The Morgan fingerprint density at radius 3 is 2.34 bits per heavy atom. The summed E-state index contributed by atoms with van der Waals surface area (Å²) in [5.74, 6) is -0.499. The number of imide groups is 1. The third kappa shape index (κ3) is 5.45. The molecule has 0 bridgehead atoms. The Morgan fingerprint density at radius 1 is 1.00 bits per heavy atom. The van der Waals surface area contributed by atoms with E-state index in [4.69, 9.17) is 14.2 Å². The molecule has 11 nitrogen and oxygen atoms in total. The molecule has 1 aliphatic rings. The SMILES string of the molecule is CCCOc1ccc(C(=O)NNC(=O)CN2C(=O)NC(C)(c3ccc(OC)cc3)C2=O)cc1OC. The summed E-state index contributed by atoms with van der Waals surface area (Å²) in [4.78, 5) is 51.1. The van der Waals surface area contributed by atoms with E-state index in [1.54, 1.807) is 37.3 Å². The lowest BCUT2D eigenvalue weighted by atomic mass is 9.92. The maximum Gasteiger partial charge on any atom is 0.325 e. The second-order valence-corrected chi connectivity index (χ2v) is 7.89. The first kappa shape index (κ1) is 25.3. The summed E-state index contributed by atoms with van der Waals surface area (Å²) in [7, 11) is 2.97. The number of ether oxygens (including phenoxy) is 3. The minimum Gasteiger partial charge on any atom is -0.497 e. The number of rotatable bonds is 9. The first-order valence-corrected chi connectivity index (χ1v) is 10.9. The smallest absolute Gasteiger partial charge is 0.325 e. The van der Waals surface area contributed by atoms with Crippen LogP contribution in [0.25, 0.3) is 0 Å². The van der Waals surface area contributed by atoms with E-state index in [1.165, 1.54) is 26.4 Å². The van der Waals surface area contributed by atoms with Crippen LogP contribution in [0.5, 0.6) is 17.2 Å². The lowest BCUT2D eigenvalue weighted by Gasteiger charge is -2.22. The van der Waals surface area contributed by atoms with Crippen LogP contribution in [0.1, 0.15) is 36.2 Å². The Kier molecular flexibility index (Phi) is 7.80. The van der Waals surface area contributed by atoms with Crippen LogP contribution in [-0.2, 0) is 15.1 Å². The number of methoxy groups -OCH3 is 2. The molecule has 186 valence electrons. The van der Waals surface area contributed by atoms with Crippen LogP contribution in [0.3, 0.4) is 0 Å². The molecule has 11 heteroatoms. The molecule has 0 saturated carbocycles. The summed E-state index contributed by atoms with van der Waals surface area (Å²) in [6.07, 6.45) is 0.814. The zero-order valence-electron chi connectivity index (χ0n) is 20.0. The largest absolute Gasteiger partial charge is 0.497 e. The lowest BCUT2D eigenvalue weighted by molar-refractivity contribution is -0.135. The normalized spacial score (nSPS) is 17.0. The third-order valence-electron chi connectivity index (χ3n) is 5.45. The van der Waals surface area contributed by atoms with Crippen LogP contribution in [0, 0.1) is 0 Å². The van der Waals surface area contributed by atoms with Crippen molar-refractivity contribution >= 4 is 23.8 Å². The van der Waals surface area contributed by atoms with E-state index in [-0.39, 0.29) is 5.56 Å². The number of carbonyl (C=O) groups excluding carboxylic acids is 4. The van der Waals surface area contributed by atoms with Gasteiger partial charge in [-0.1, -0.05) is 19.1 Å². The molecule has 0 spiro atoms. The number of hydrogen-bond donors (Lipinski definition) is 3. The molecule has 2 aromatic carbocycles. The van der Waals surface area contributed by atoms with Crippen molar-refractivity contribution in [1.82, 2.24) is 21.1 Å². The Hall–Kier alpha value is -4.28. The van der Waals surface area contributed by atoms with Gasteiger partial charge in [0.2, 0.25) is 0 Å². The standard InChI is InChI=1S/C24H28N4O7/c1-5-12-35-18-11-6-15(13-19(18)34-4)21(30)27-26-20(29)14-28-22(31)24(2,25-23(28)32)16-7-9-17(33-3)10-8-16/h6-11,13H,5,12,14H2,1-4H3,(H,25,32)(H,26,29)(H,27,30). The Labute approximate surface area is 202 Å². The van der Waals surface area contributed by atoms with Crippen LogP contribution in [0.15, 0.2) is 42.5 Å². The van der Waals surface area contributed by atoms with Gasteiger partial charge in [0, 0.05) is 5.56 Å². The zero-order valence-corrected chi connectivity index (χ0v) is 20.0. The fourth-order valence-electron chi connectivity index (χ4n) is 3.48. The van der Waals surface area contributed by atoms with E-state index in [2.05, 4.69) is 16.2 Å². The van der Waals surface area contributed by atoms with Gasteiger partial charge in [-0.05, 0) is 49.2 Å². The number of nitrogens with one attached hydrogen (secondary N) is 3. The van der Waals surface area contributed by atoms with Crippen LogP contribution in [0.2, 0.25) is 0 Å². The Balaban J connectivity index is 1.60. The molecule has 0 radical (unpaired) electrons. The molecule has 1 aliphatic heterocycles. The van der Waals surface area contributed by atoms with Crippen molar-refractivity contribution in [1.29, 1.82) is 0 Å². The number of urea groups is 1. The molecule has 3 rings (SSSR count). The summed E-state index contributed by atoms with van der Waals surface area (Å²) in [5.41, 5.74) is 3.89. The van der Waals surface area contributed by atoms with Crippen molar-refractivity contribution in [3.63, 3.8) is 0 Å². The molecule has 1 atom stereocenters. The fourth-order valence-corrected chi connectivity index (χ4v) is 3.48. The summed E-state index contributed by atoms with van der Waals surface area (Å²) < 4.78 is 15.9. The maximum atomic E-state index is 13.0. The fraction of sp³-hybridized carbons (Fsp3) is 0.333. The quantitative estimate of drug-likeness (QED) is 0.364. The Morgan fingerprint density at radius 2 is 1.71 bits per heavy atom. The minimum atomic E-state index is -1.34. The average molecular weight is 485 g/mol. The molecule has 1 saturated heterocycles. The van der Waals surface area contributed by atoms with E-state index in [1.807, 2.05) is 6.92 Å². The van der Waals surface area contributed by atoms with Crippen molar-refractivity contribution in [3.8, 4) is 17.2 Å². The monoisotopic (exact) mass is 484 g/mol. The first-order valence-electron chi connectivity index (χ1n) is 10.9. The van der Waals surface area contributed by atoms with Crippen molar-refractivity contribution in [2.24, 2.45) is 0 Å². The van der Waals surface area contributed by atoms with E-state index in [0.29, 0.717) is 29.4 Å². The predicted octanol–water partition coefficient (Wildman–Crippen LogP) is 1.72. The highest BCUT2D eigenvalue weighted by molar-refractivity contribution is 6.09. The van der Waals surface area contributed by atoms with Crippen molar-refractivity contribution in [2.45, 2.75) is 25.8 Å². The van der Waals surface area contributed by atoms with Crippen molar-refractivity contribution < 1.29 is 33.4 Å². The van der Waals surface area contributed by atoms with Gasteiger partial charge >= 0.3 is 6.03 Å². The summed E-state index contributed by atoms with van der Waals surface area (Å²) in [6, 6.07) is 10.5. The number of carbonyl (C=O) groups is 4. The molecule has 1 fully saturated rings. The predicted molar refractivity (Wildman–Crippen MR) is 125 cm³/mol. The summed E-state index contributed by atoms with van der Waals surface area (Å²) in [6.45, 7) is 3.44. The van der Waals surface area contributed by atoms with Gasteiger partial charge in [0.25, 0.3) is 17.7 Å². The van der Waals surface area contributed by atoms with E-state index in [0.717, 1.165) is 11.3 Å². The highest BCUT2D eigenvalue weighted by Crippen LogP contribution is 2.30. The highest BCUT2D eigenvalue weighted by Gasteiger charge is 2.49. The number of benzene rings is 2. The number of amides is 5. The molecule has 2 aromatic rings. The minimum absolute atomic E-state index is 0.216. The van der Waals surface area contributed by atoms with E-state index < -0.39 is 35.8 Å². The van der Waals surface area contributed by atoms with Gasteiger partial charge in [-0.3, -0.25) is 30.1 Å². The second-order valence-electron chi connectivity index (χ2n) is 7.89. The van der Waals surface area contributed by atoms with Gasteiger partial charge in [-0.15, -0.1) is 0 Å². The van der Waals surface area contributed by atoms with Crippen LogP contribution < -0.4 is 30.4 Å². The number of nitrogens with zero attached hydrogens (tertiary/aromatic N) is 1. The molecule has 0 aromatic heterocycles. The second kappa shape index (κ2) is 10.8. The van der Waals surface area contributed by atoms with Gasteiger partial charge in [-0.25, -0.2) is 4.79 Å². The lowest BCUT2D eigenvalue weighted by Crippen LogP contribution is -2.48. The van der Waals surface area contributed by atoms with Crippen LogP contribution in [0.4, 0.5) is 4.79 Å². The molecule has 1 heterocycles. The molecule has 35 heavy (non-hydrogen) atoms. The molecule has 3 N–H and O–H groups in total. The van der Waals surface area contributed by atoms with Gasteiger partial charge in [0.15, 0.2) is 11.5 Å². The topological polar surface area (TPSA) is 135 Å². The molecular formula is C24H28N4O7. The molecule has 5 amide bonds. The highest BCUT2D eigenvalue weighted by atomic mass is 16.5. The molecule has 0 aliphatic carbocycles. The number of hydrazine groups is 1. The van der Waals surface area contributed by atoms with Gasteiger partial charge < -0.3 is 19.5 Å². The van der Waals surface area contributed by atoms with Gasteiger partial charge in [0.1, 0.15) is 17.8 Å². The maximum absolute atomic E-state index is 13.0. The first-order chi connectivity index (χ1) is 16.7. The van der Waals surface area contributed by atoms with Crippen molar-refractivity contribution in [3.05, 3.63) is 53.6 Å². The van der Waals surface area contributed by atoms with Crippen LogP contribution >= 0.6 is 0 Å². The zero-order chi connectivity index (χ0) is 25.6. The summed E-state index contributed by atoms with van der Waals surface area (Å²) in [5, 5.41) is 2.62.